The molecule has 1 aromatic heterocycles. The summed E-state index contributed by atoms with van der Waals surface area (Å²) in [5.41, 5.74) is 4.50. The molecule has 0 aliphatic carbocycles. The van der Waals surface area contributed by atoms with Gasteiger partial charge in [-0.1, -0.05) is 53.6 Å². The molecule has 0 unspecified atom stereocenters. The molecule has 5 nitrogen and oxygen atoms in total. The Hall–Kier alpha value is -2.92. The standard InChI is InChI=1S/C22H23ClN4O/c1-15-5-3-7-18(11-15)14-25-22-26-16(2)12-20(27-22)21(28)24-10-9-17-6-4-8-19(23)13-17/h3-8,11-13H,9-10,14H2,1-2H3,(H,24,28)(H,25,26,27). The largest absolute Gasteiger partial charge is 0.350 e. The zero-order valence-corrected chi connectivity index (χ0v) is 16.8. The fourth-order valence-corrected chi connectivity index (χ4v) is 3.08. The second-order valence-electron chi connectivity index (χ2n) is 6.70. The van der Waals surface area contributed by atoms with Crippen molar-refractivity contribution in [1.29, 1.82) is 0 Å². The van der Waals surface area contributed by atoms with E-state index in [-0.39, 0.29) is 5.91 Å². The van der Waals surface area contributed by atoms with E-state index in [1.807, 2.05) is 43.3 Å². The summed E-state index contributed by atoms with van der Waals surface area (Å²) in [7, 11) is 0. The molecular formula is C22H23ClN4O. The molecule has 2 aromatic carbocycles. The maximum Gasteiger partial charge on any atom is 0.270 e. The smallest absolute Gasteiger partial charge is 0.270 e. The highest BCUT2D eigenvalue weighted by atomic mass is 35.5. The molecule has 0 spiro atoms. The number of rotatable bonds is 7. The van der Waals surface area contributed by atoms with Crippen molar-refractivity contribution in [2.75, 3.05) is 11.9 Å². The molecule has 6 heteroatoms. The summed E-state index contributed by atoms with van der Waals surface area (Å²) in [6, 6.07) is 17.5. The molecule has 3 aromatic rings. The minimum Gasteiger partial charge on any atom is -0.350 e. The number of benzene rings is 2. The van der Waals surface area contributed by atoms with Gasteiger partial charge in [0.15, 0.2) is 0 Å². The Labute approximate surface area is 170 Å². The van der Waals surface area contributed by atoms with Gasteiger partial charge in [0, 0.05) is 23.8 Å². The van der Waals surface area contributed by atoms with E-state index in [0.29, 0.717) is 36.2 Å². The van der Waals surface area contributed by atoms with E-state index in [0.717, 1.165) is 16.8 Å². The lowest BCUT2D eigenvalue weighted by Crippen LogP contribution is -2.27. The molecule has 144 valence electrons. The Kier molecular flexibility index (Phi) is 6.61. The van der Waals surface area contributed by atoms with E-state index in [2.05, 4.69) is 39.7 Å². The van der Waals surface area contributed by atoms with Gasteiger partial charge in [-0.05, 0) is 49.6 Å². The van der Waals surface area contributed by atoms with Gasteiger partial charge >= 0.3 is 0 Å². The first-order chi connectivity index (χ1) is 13.5. The molecule has 0 aliphatic heterocycles. The van der Waals surface area contributed by atoms with Crippen LogP contribution in [0, 0.1) is 13.8 Å². The van der Waals surface area contributed by atoms with Crippen LogP contribution in [0.25, 0.3) is 0 Å². The van der Waals surface area contributed by atoms with Crippen molar-refractivity contribution in [2.24, 2.45) is 0 Å². The van der Waals surface area contributed by atoms with E-state index >= 15 is 0 Å². The van der Waals surface area contributed by atoms with Crippen LogP contribution in [0.1, 0.15) is 32.9 Å². The van der Waals surface area contributed by atoms with Gasteiger partial charge in [0.05, 0.1) is 0 Å². The fourth-order valence-electron chi connectivity index (χ4n) is 2.87. The zero-order valence-electron chi connectivity index (χ0n) is 16.0. The van der Waals surface area contributed by atoms with Crippen molar-refractivity contribution in [3.05, 3.63) is 87.7 Å². The molecule has 2 N–H and O–H groups in total. The van der Waals surface area contributed by atoms with E-state index in [9.17, 15) is 4.79 Å². The third kappa shape index (κ3) is 5.79. The summed E-state index contributed by atoms with van der Waals surface area (Å²) >= 11 is 5.99. The monoisotopic (exact) mass is 394 g/mol. The van der Waals surface area contributed by atoms with Crippen molar-refractivity contribution in [1.82, 2.24) is 15.3 Å². The van der Waals surface area contributed by atoms with Crippen LogP contribution < -0.4 is 10.6 Å². The van der Waals surface area contributed by atoms with Crippen LogP contribution in [0.3, 0.4) is 0 Å². The summed E-state index contributed by atoms with van der Waals surface area (Å²) in [4.78, 5) is 21.2. The molecule has 0 atom stereocenters. The maximum atomic E-state index is 12.5. The zero-order chi connectivity index (χ0) is 19.9. The lowest BCUT2D eigenvalue weighted by atomic mass is 10.1. The summed E-state index contributed by atoms with van der Waals surface area (Å²) in [5, 5.41) is 6.79. The number of hydrogen-bond acceptors (Lipinski definition) is 4. The van der Waals surface area contributed by atoms with Crippen LogP contribution in [0.4, 0.5) is 5.95 Å². The predicted octanol–water partition coefficient (Wildman–Crippen LogP) is 4.33. The molecule has 28 heavy (non-hydrogen) atoms. The number of halogens is 1. The average Bonchev–Trinajstić information content (AvgIpc) is 2.66. The molecule has 1 heterocycles. The first-order valence-corrected chi connectivity index (χ1v) is 9.55. The number of hydrogen-bond donors (Lipinski definition) is 2. The van der Waals surface area contributed by atoms with Gasteiger partial charge < -0.3 is 10.6 Å². The van der Waals surface area contributed by atoms with Crippen LogP contribution in [0.5, 0.6) is 0 Å². The Balaban J connectivity index is 1.59. The summed E-state index contributed by atoms with van der Waals surface area (Å²) in [5.74, 6) is 0.229. The van der Waals surface area contributed by atoms with Crippen LogP contribution >= 0.6 is 11.6 Å². The molecule has 0 saturated carbocycles. The molecule has 1 amide bonds. The molecule has 0 fully saturated rings. The highest BCUT2D eigenvalue weighted by Gasteiger charge is 2.10. The maximum absolute atomic E-state index is 12.5. The highest BCUT2D eigenvalue weighted by Crippen LogP contribution is 2.11. The van der Waals surface area contributed by atoms with Crippen LogP contribution in [-0.2, 0) is 13.0 Å². The van der Waals surface area contributed by atoms with E-state index in [4.69, 9.17) is 11.6 Å². The summed E-state index contributed by atoms with van der Waals surface area (Å²) in [6.07, 6.45) is 0.703. The normalized spacial score (nSPS) is 10.5. The Morgan fingerprint density at radius 1 is 1.00 bits per heavy atom. The fraction of sp³-hybridized carbons (Fsp3) is 0.227. The Bertz CT molecular complexity index is 974. The van der Waals surface area contributed by atoms with Crippen LogP contribution in [-0.4, -0.2) is 22.4 Å². The highest BCUT2D eigenvalue weighted by molar-refractivity contribution is 6.30. The minimum absolute atomic E-state index is 0.217. The molecule has 0 bridgehead atoms. The number of carbonyl (C=O) groups excluding carboxylic acids is 1. The van der Waals surface area contributed by atoms with Crippen LogP contribution in [0.15, 0.2) is 54.6 Å². The quantitative estimate of drug-likeness (QED) is 0.625. The van der Waals surface area contributed by atoms with Gasteiger partial charge in [0.1, 0.15) is 5.69 Å². The number of nitrogens with one attached hydrogen (secondary N) is 2. The third-order valence-electron chi connectivity index (χ3n) is 4.21. The number of aryl methyl sites for hydroxylation is 2. The van der Waals surface area contributed by atoms with Gasteiger partial charge in [-0.15, -0.1) is 0 Å². The number of aromatic nitrogens is 2. The van der Waals surface area contributed by atoms with Gasteiger partial charge in [-0.25, -0.2) is 9.97 Å². The summed E-state index contributed by atoms with van der Waals surface area (Å²) < 4.78 is 0. The van der Waals surface area contributed by atoms with Crippen molar-refractivity contribution >= 4 is 23.5 Å². The first kappa shape index (κ1) is 19.8. The number of carbonyl (C=O) groups is 1. The van der Waals surface area contributed by atoms with E-state index in [1.54, 1.807) is 6.07 Å². The van der Waals surface area contributed by atoms with Gasteiger partial charge in [0.25, 0.3) is 5.91 Å². The number of amides is 1. The lowest BCUT2D eigenvalue weighted by Gasteiger charge is -2.09. The SMILES string of the molecule is Cc1cccc(CNc2nc(C)cc(C(=O)NCCc3cccc(Cl)c3)n2)c1. The minimum atomic E-state index is -0.217. The summed E-state index contributed by atoms with van der Waals surface area (Å²) in [6.45, 7) is 5.01. The first-order valence-electron chi connectivity index (χ1n) is 9.17. The van der Waals surface area contributed by atoms with Crippen molar-refractivity contribution < 1.29 is 4.79 Å². The molecule has 0 radical (unpaired) electrons. The van der Waals surface area contributed by atoms with Crippen molar-refractivity contribution in [2.45, 2.75) is 26.8 Å². The Morgan fingerprint density at radius 3 is 2.57 bits per heavy atom. The molecule has 3 rings (SSSR count). The molecule has 0 aliphatic rings. The van der Waals surface area contributed by atoms with Gasteiger partial charge in [-0.3, -0.25) is 4.79 Å². The number of anilines is 1. The Morgan fingerprint density at radius 2 is 1.79 bits per heavy atom. The van der Waals surface area contributed by atoms with Crippen molar-refractivity contribution in [3.8, 4) is 0 Å². The molecule has 0 saturated heterocycles. The third-order valence-corrected chi connectivity index (χ3v) is 4.44. The van der Waals surface area contributed by atoms with Crippen molar-refractivity contribution in [3.63, 3.8) is 0 Å². The van der Waals surface area contributed by atoms with Gasteiger partial charge in [-0.2, -0.15) is 0 Å². The van der Waals surface area contributed by atoms with Gasteiger partial charge in [0.2, 0.25) is 5.95 Å². The lowest BCUT2D eigenvalue weighted by molar-refractivity contribution is 0.0949. The second kappa shape index (κ2) is 9.33. The predicted molar refractivity (Wildman–Crippen MR) is 113 cm³/mol. The van der Waals surface area contributed by atoms with E-state index < -0.39 is 0 Å². The number of nitrogens with zero attached hydrogens (tertiary/aromatic N) is 2. The van der Waals surface area contributed by atoms with E-state index in [1.165, 1.54) is 5.56 Å². The topological polar surface area (TPSA) is 66.9 Å². The van der Waals surface area contributed by atoms with Crippen LogP contribution in [0.2, 0.25) is 5.02 Å². The molecular weight excluding hydrogens is 372 g/mol. The second-order valence-corrected chi connectivity index (χ2v) is 7.13. The average molecular weight is 395 g/mol.